The molecule has 0 radical (unpaired) electrons. The van der Waals surface area contributed by atoms with Crippen LogP contribution < -0.4 is 0 Å². The highest BCUT2D eigenvalue weighted by Crippen LogP contribution is 2.45. The zero-order valence-corrected chi connectivity index (χ0v) is 10.8. The number of hydrogen-bond donors (Lipinski definition) is 1. The van der Waals surface area contributed by atoms with E-state index >= 15 is 0 Å². The minimum absolute atomic E-state index is 0.254. The van der Waals surface area contributed by atoms with Gasteiger partial charge in [0.1, 0.15) is 0 Å². The first-order valence-electron chi connectivity index (χ1n) is 6.31. The van der Waals surface area contributed by atoms with Crippen LogP contribution in [-0.2, 0) is 5.41 Å². The average Bonchev–Trinajstić information content (AvgIpc) is 2.67. The van der Waals surface area contributed by atoms with Gasteiger partial charge in [0.05, 0.1) is 0 Å². The predicted molar refractivity (Wildman–Crippen MR) is 74.2 cm³/mol. The van der Waals surface area contributed by atoms with Gasteiger partial charge in [-0.05, 0) is 38.8 Å². The van der Waals surface area contributed by atoms with E-state index in [-0.39, 0.29) is 5.41 Å². The number of allylic oxidation sites excluding steroid dienone is 5. The highest BCUT2D eigenvalue weighted by molar-refractivity contribution is 5.35. The first-order chi connectivity index (χ1) is 8.16. The van der Waals surface area contributed by atoms with Gasteiger partial charge < -0.3 is 4.98 Å². The van der Waals surface area contributed by atoms with Gasteiger partial charge in [-0.25, -0.2) is 0 Å². The molecule has 0 saturated heterocycles. The molecule has 1 aliphatic carbocycles. The minimum Gasteiger partial charge on any atom is -0.362 e. The Bertz CT molecular complexity index is 456. The van der Waals surface area contributed by atoms with Crippen LogP contribution in [0.4, 0.5) is 0 Å². The molecular formula is C16H21N. The molecule has 0 atom stereocenters. The second-order valence-corrected chi connectivity index (χ2v) is 5.05. The first-order valence-corrected chi connectivity index (χ1v) is 6.31. The normalized spacial score (nSPS) is 19.3. The van der Waals surface area contributed by atoms with Crippen LogP contribution in [0.1, 0.15) is 37.6 Å². The number of hydrogen-bond acceptors (Lipinski definition) is 0. The van der Waals surface area contributed by atoms with Crippen molar-refractivity contribution in [2.45, 2.75) is 38.5 Å². The summed E-state index contributed by atoms with van der Waals surface area (Å²) in [6, 6.07) is 4.40. The average molecular weight is 227 g/mol. The molecule has 2 rings (SSSR count). The second kappa shape index (κ2) is 4.79. The van der Waals surface area contributed by atoms with Crippen molar-refractivity contribution in [1.29, 1.82) is 0 Å². The summed E-state index contributed by atoms with van der Waals surface area (Å²) in [5.74, 6) is 0. The van der Waals surface area contributed by atoms with E-state index in [9.17, 15) is 0 Å². The summed E-state index contributed by atoms with van der Waals surface area (Å²) < 4.78 is 0. The van der Waals surface area contributed by atoms with E-state index in [1.54, 1.807) is 0 Å². The van der Waals surface area contributed by atoms with Crippen molar-refractivity contribution in [3.63, 3.8) is 0 Å². The van der Waals surface area contributed by atoms with Crippen molar-refractivity contribution in [2.24, 2.45) is 0 Å². The predicted octanol–water partition coefficient (Wildman–Crippen LogP) is 4.43. The Morgan fingerprint density at radius 2 is 2.18 bits per heavy atom. The minimum atomic E-state index is 0.254. The molecular weight excluding hydrogens is 206 g/mol. The van der Waals surface area contributed by atoms with Gasteiger partial charge in [0.2, 0.25) is 0 Å². The highest BCUT2D eigenvalue weighted by Gasteiger charge is 2.37. The maximum absolute atomic E-state index is 3.70. The first kappa shape index (κ1) is 12.0. The number of nitrogens with one attached hydrogen (secondary N) is 1. The summed E-state index contributed by atoms with van der Waals surface area (Å²) in [5.41, 5.74) is 4.19. The topological polar surface area (TPSA) is 15.8 Å². The molecule has 17 heavy (non-hydrogen) atoms. The third kappa shape index (κ3) is 2.44. The Hall–Kier alpha value is -1.50. The van der Waals surface area contributed by atoms with Crippen LogP contribution in [-0.4, -0.2) is 4.98 Å². The standard InChI is InChI=1S/C16H21N/c1-4-5-7-13(2)12-16(10-6-11-16)15-9-8-14(3)17-15/h4-5,7-9,12,17H,1,6,10-11H2,2-3H3/b7-5-,13-12+. The molecule has 90 valence electrons. The summed E-state index contributed by atoms with van der Waals surface area (Å²) in [6.45, 7) is 7.98. The third-order valence-electron chi connectivity index (χ3n) is 3.61. The zero-order valence-electron chi connectivity index (χ0n) is 10.8. The molecule has 1 aliphatic rings. The van der Waals surface area contributed by atoms with E-state index in [2.05, 4.69) is 49.7 Å². The smallest absolute Gasteiger partial charge is 0.0288 e. The summed E-state index contributed by atoms with van der Waals surface area (Å²) >= 11 is 0. The van der Waals surface area contributed by atoms with E-state index < -0.39 is 0 Å². The lowest BCUT2D eigenvalue weighted by Gasteiger charge is -2.39. The molecule has 1 fully saturated rings. The molecule has 1 saturated carbocycles. The van der Waals surface area contributed by atoms with Crippen molar-refractivity contribution in [3.05, 3.63) is 60.0 Å². The van der Waals surface area contributed by atoms with Gasteiger partial charge >= 0.3 is 0 Å². The Morgan fingerprint density at radius 1 is 1.41 bits per heavy atom. The van der Waals surface area contributed by atoms with Gasteiger partial charge in [0, 0.05) is 16.8 Å². The molecule has 0 unspecified atom stereocenters. The summed E-state index contributed by atoms with van der Waals surface area (Å²) in [4.78, 5) is 3.49. The van der Waals surface area contributed by atoms with Gasteiger partial charge in [0.15, 0.2) is 0 Å². The lowest BCUT2D eigenvalue weighted by molar-refractivity contribution is 0.305. The fourth-order valence-corrected chi connectivity index (χ4v) is 2.55. The number of rotatable bonds is 4. The largest absolute Gasteiger partial charge is 0.362 e. The van der Waals surface area contributed by atoms with Crippen LogP contribution >= 0.6 is 0 Å². The van der Waals surface area contributed by atoms with Crippen LogP contribution in [0.5, 0.6) is 0 Å². The van der Waals surface area contributed by atoms with Crippen LogP contribution in [0.2, 0.25) is 0 Å². The number of aromatic nitrogens is 1. The highest BCUT2D eigenvalue weighted by atomic mass is 14.7. The quantitative estimate of drug-likeness (QED) is 0.732. The number of aromatic amines is 1. The fraction of sp³-hybridized carbons (Fsp3) is 0.375. The molecule has 1 heteroatoms. The fourth-order valence-electron chi connectivity index (χ4n) is 2.55. The monoisotopic (exact) mass is 227 g/mol. The number of aryl methyl sites for hydroxylation is 1. The van der Waals surface area contributed by atoms with E-state index in [0.717, 1.165) is 0 Å². The molecule has 1 aromatic rings. The van der Waals surface area contributed by atoms with Crippen LogP contribution in [0.25, 0.3) is 0 Å². The van der Waals surface area contributed by atoms with E-state index in [4.69, 9.17) is 0 Å². The Morgan fingerprint density at radius 3 is 2.65 bits per heavy atom. The van der Waals surface area contributed by atoms with Crippen molar-refractivity contribution in [2.75, 3.05) is 0 Å². The lowest BCUT2D eigenvalue weighted by Crippen LogP contribution is -2.32. The summed E-state index contributed by atoms with van der Waals surface area (Å²) in [6.07, 6.45) is 12.2. The van der Waals surface area contributed by atoms with E-state index in [1.807, 2.05) is 12.2 Å². The Kier molecular flexibility index (Phi) is 3.37. The Labute approximate surface area is 104 Å². The molecule has 1 nitrogen and oxygen atoms in total. The van der Waals surface area contributed by atoms with Crippen LogP contribution in [0.3, 0.4) is 0 Å². The van der Waals surface area contributed by atoms with Gasteiger partial charge in [-0.1, -0.05) is 42.9 Å². The molecule has 1 aromatic heterocycles. The van der Waals surface area contributed by atoms with Crippen LogP contribution in [0.15, 0.2) is 48.6 Å². The maximum atomic E-state index is 3.70. The molecule has 1 heterocycles. The SMILES string of the molecule is C=C/C=C\C(C)=C\C1(c2ccc(C)[nH]2)CCC1. The molecule has 0 aliphatic heterocycles. The van der Waals surface area contributed by atoms with Gasteiger partial charge in [-0.3, -0.25) is 0 Å². The third-order valence-corrected chi connectivity index (χ3v) is 3.61. The van der Waals surface area contributed by atoms with E-state index in [1.165, 1.54) is 36.2 Å². The van der Waals surface area contributed by atoms with Crippen molar-refractivity contribution >= 4 is 0 Å². The molecule has 0 aromatic carbocycles. The molecule has 1 N–H and O–H groups in total. The second-order valence-electron chi connectivity index (χ2n) is 5.05. The maximum Gasteiger partial charge on any atom is 0.0288 e. The molecule has 0 spiro atoms. The van der Waals surface area contributed by atoms with Crippen LogP contribution in [0, 0.1) is 6.92 Å². The summed E-state index contributed by atoms with van der Waals surface area (Å²) in [7, 11) is 0. The van der Waals surface area contributed by atoms with Gasteiger partial charge in [-0.15, -0.1) is 0 Å². The zero-order chi connectivity index (χ0) is 12.3. The summed E-state index contributed by atoms with van der Waals surface area (Å²) in [5, 5.41) is 0. The Balaban J connectivity index is 2.26. The van der Waals surface area contributed by atoms with Crippen molar-refractivity contribution in [1.82, 2.24) is 4.98 Å². The van der Waals surface area contributed by atoms with Crippen molar-refractivity contribution in [3.8, 4) is 0 Å². The lowest BCUT2D eigenvalue weighted by atomic mass is 9.66. The van der Waals surface area contributed by atoms with Gasteiger partial charge in [0.25, 0.3) is 0 Å². The van der Waals surface area contributed by atoms with Crippen molar-refractivity contribution < 1.29 is 0 Å². The van der Waals surface area contributed by atoms with Gasteiger partial charge in [-0.2, -0.15) is 0 Å². The van der Waals surface area contributed by atoms with E-state index in [0.29, 0.717) is 0 Å². The number of H-pyrrole nitrogens is 1. The molecule has 0 amide bonds. The molecule has 0 bridgehead atoms.